The zero-order valence-electron chi connectivity index (χ0n) is 66.9. The molecule has 0 spiro atoms. The monoisotopic (exact) mass is 1490 g/mol. The molecule has 20 aromatic rings. The van der Waals surface area contributed by atoms with E-state index >= 15 is 0 Å². The van der Waals surface area contributed by atoms with Gasteiger partial charge in [-0.05, 0) is 315 Å². The number of para-hydroxylation sites is 3. The van der Waals surface area contributed by atoms with E-state index in [1.165, 1.54) is 83.5 Å². The summed E-state index contributed by atoms with van der Waals surface area (Å²) in [5.74, 6) is 0. The fourth-order valence-electron chi connectivity index (χ4n) is 20.1. The van der Waals surface area contributed by atoms with Crippen molar-refractivity contribution in [3.8, 4) is 102 Å². The van der Waals surface area contributed by atoms with Crippen LogP contribution in [0.4, 0.5) is 0 Å². The van der Waals surface area contributed by atoms with Crippen molar-refractivity contribution in [2.75, 3.05) is 0 Å². The first-order valence-electron chi connectivity index (χ1n) is 40.0. The van der Waals surface area contributed by atoms with Crippen LogP contribution in [0.1, 0.15) is 83.5 Å². The van der Waals surface area contributed by atoms with E-state index in [0.717, 1.165) is 166 Å². The van der Waals surface area contributed by atoms with Gasteiger partial charge >= 0.3 is 0 Å². The highest BCUT2D eigenvalue weighted by Crippen LogP contribution is 2.48. The first kappa shape index (κ1) is 70.7. The standard InChI is InChI=1S/C108H82N8/c1-62-42-66(5)105(67(6)43-62)76-27-32-97-89(52-76)85-20-14-17-23-95(85)113(97)101-56-80(74-34-38-111-39-35-74)57-102(91(101)60-109)114-96-31-24-73(51-88(96)90-53-77(28-33-98(90)114)106-68(7)44-63(2)45-69(106)8)50-82-49-65(4)48-72(11)108(82)79-26-30-87-84-19-13-16-22-94(84)116(100(87)55-79)104-59-81(75-36-40-112-41-37-75)58-103(92(104)61-110)115-93-21-15-12-18-83(93)86-29-25-78(54-99(86)115)107-70(9)46-64(3)47-71(107)10/h12-49,51-59H,50H2,1-11H3. The minimum absolute atomic E-state index is 0.554. The van der Waals surface area contributed by atoms with Gasteiger partial charge in [-0.2, -0.15) is 10.5 Å². The van der Waals surface area contributed by atoms with Gasteiger partial charge in [-0.25, -0.2) is 0 Å². The average molecular weight is 1490 g/mol. The van der Waals surface area contributed by atoms with Crippen molar-refractivity contribution >= 4 is 87.2 Å². The van der Waals surface area contributed by atoms with E-state index in [1.54, 1.807) is 0 Å². The van der Waals surface area contributed by atoms with E-state index in [2.05, 4.69) is 377 Å². The molecule has 0 aliphatic heterocycles. The Kier molecular flexibility index (Phi) is 16.7. The Morgan fingerprint density at radius 1 is 0.241 bits per heavy atom. The summed E-state index contributed by atoms with van der Waals surface area (Å²) in [5, 5.41) is 33.2. The zero-order chi connectivity index (χ0) is 79.2. The van der Waals surface area contributed by atoms with Crippen molar-refractivity contribution in [3.05, 3.63) is 369 Å². The van der Waals surface area contributed by atoms with Gasteiger partial charge in [0.2, 0.25) is 0 Å². The van der Waals surface area contributed by atoms with Crippen LogP contribution in [0.2, 0.25) is 0 Å². The Labute approximate surface area is 675 Å². The van der Waals surface area contributed by atoms with Crippen molar-refractivity contribution in [2.24, 2.45) is 0 Å². The molecule has 8 nitrogen and oxygen atoms in total. The molecule has 0 saturated carbocycles. The molecule has 0 atom stereocenters. The van der Waals surface area contributed by atoms with Crippen LogP contribution >= 0.6 is 0 Å². The summed E-state index contributed by atoms with van der Waals surface area (Å²) in [6.45, 7) is 24.2. The van der Waals surface area contributed by atoms with E-state index in [-0.39, 0.29) is 0 Å². The summed E-state index contributed by atoms with van der Waals surface area (Å²) in [5.41, 5.74) is 41.4. The largest absolute Gasteiger partial charge is 0.308 e. The van der Waals surface area contributed by atoms with Gasteiger partial charge in [0, 0.05) is 67.9 Å². The van der Waals surface area contributed by atoms with Crippen LogP contribution in [0, 0.1) is 98.8 Å². The molecule has 0 N–H and O–H groups in total. The highest BCUT2D eigenvalue weighted by atomic mass is 15.0. The molecule has 554 valence electrons. The van der Waals surface area contributed by atoms with Crippen molar-refractivity contribution < 1.29 is 0 Å². The summed E-state index contributed by atoms with van der Waals surface area (Å²) in [6, 6.07) is 102. The molecule has 0 amide bonds. The third kappa shape index (κ3) is 11.4. The highest BCUT2D eigenvalue weighted by molar-refractivity contribution is 6.15. The molecule has 0 fully saturated rings. The molecular weight excluding hydrogens is 1410 g/mol. The molecule has 20 rings (SSSR count). The molecule has 0 aliphatic carbocycles. The van der Waals surface area contributed by atoms with E-state index in [4.69, 9.17) is 0 Å². The molecule has 0 aliphatic rings. The Hall–Kier alpha value is -14.4. The maximum absolute atomic E-state index is 12.2. The van der Waals surface area contributed by atoms with Gasteiger partial charge in [0.05, 0.1) is 66.9 Å². The van der Waals surface area contributed by atoms with Crippen molar-refractivity contribution in [3.63, 3.8) is 0 Å². The third-order valence-corrected chi connectivity index (χ3v) is 24.4. The van der Waals surface area contributed by atoms with Gasteiger partial charge in [0.15, 0.2) is 0 Å². The number of pyridine rings is 2. The topological polar surface area (TPSA) is 93.1 Å². The van der Waals surface area contributed by atoms with Gasteiger partial charge < -0.3 is 18.3 Å². The first-order chi connectivity index (χ1) is 56.4. The van der Waals surface area contributed by atoms with E-state index in [9.17, 15) is 10.5 Å². The highest BCUT2D eigenvalue weighted by Gasteiger charge is 2.28. The molecule has 6 aromatic heterocycles. The molecule has 116 heavy (non-hydrogen) atoms. The Morgan fingerprint density at radius 3 is 0.931 bits per heavy atom. The van der Waals surface area contributed by atoms with Crippen LogP contribution in [-0.4, -0.2) is 28.2 Å². The number of hydrogen-bond acceptors (Lipinski definition) is 4. The Balaban J connectivity index is 0.778. The summed E-state index contributed by atoms with van der Waals surface area (Å²) in [6.07, 6.45) is 8.02. The average Bonchev–Trinajstić information content (AvgIpc) is 1.55. The van der Waals surface area contributed by atoms with Crippen molar-refractivity contribution in [1.29, 1.82) is 10.5 Å². The maximum Gasteiger partial charge on any atom is 0.104 e. The number of rotatable bonds is 12. The lowest BCUT2D eigenvalue weighted by atomic mass is 9.89. The summed E-state index contributed by atoms with van der Waals surface area (Å²) in [4.78, 5) is 8.99. The first-order valence-corrected chi connectivity index (χ1v) is 40.0. The maximum atomic E-state index is 12.2. The van der Waals surface area contributed by atoms with Crippen LogP contribution in [0.5, 0.6) is 0 Å². The number of nitrogens with zero attached hydrogens (tertiary/aromatic N) is 8. The molecule has 6 heterocycles. The lowest BCUT2D eigenvalue weighted by molar-refractivity contribution is 1.11. The smallest absolute Gasteiger partial charge is 0.104 e. The van der Waals surface area contributed by atoms with Crippen LogP contribution in [0.15, 0.2) is 286 Å². The molecule has 8 heteroatoms. The second-order valence-electron chi connectivity index (χ2n) is 32.3. The summed E-state index contributed by atoms with van der Waals surface area (Å²) >= 11 is 0. The van der Waals surface area contributed by atoms with Crippen molar-refractivity contribution in [1.82, 2.24) is 28.2 Å². The van der Waals surface area contributed by atoms with Gasteiger partial charge in [-0.15, -0.1) is 0 Å². The molecule has 14 aromatic carbocycles. The van der Waals surface area contributed by atoms with Crippen LogP contribution in [0.25, 0.3) is 177 Å². The predicted molar refractivity (Wildman–Crippen MR) is 483 cm³/mol. The normalized spacial score (nSPS) is 11.8. The minimum atomic E-state index is 0.554. The van der Waals surface area contributed by atoms with Gasteiger partial charge in [0.1, 0.15) is 23.3 Å². The number of aromatic nitrogens is 6. The zero-order valence-corrected chi connectivity index (χ0v) is 66.9. The molecule has 0 unspecified atom stereocenters. The van der Waals surface area contributed by atoms with Gasteiger partial charge in [-0.3, -0.25) is 9.97 Å². The fourth-order valence-corrected chi connectivity index (χ4v) is 20.1. The van der Waals surface area contributed by atoms with Crippen LogP contribution in [0.3, 0.4) is 0 Å². The summed E-state index contributed by atoms with van der Waals surface area (Å²) in [7, 11) is 0. The Bertz CT molecular complexity index is 7620. The molecule has 0 bridgehead atoms. The molecular formula is C108H82N8. The summed E-state index contributed by atoms with van der Waals surface area (Å²) < 4.78 is 9.35. The van der Waals surface area contributed by atoms with E-state index in [0.29, 0.717) is 17.5 Å². The SMILES string of the molecule is Cc1cc(C)c(-c2ccc3c(c2)c2ccccc2n3-c2cc(-c3ccncc3)cc(-n3c4ccc(Cc5cc(C)cc(C)c5-c5ccc6c7ccccc7n(-c7cc(-c8ccncc8)cc(-n8c9ccccc9c9ccc(-c%10c(C)cc(C)cc%10C)cc98)c7C#N)c6c5)cc4c4cc(-c5c(C)cc(C)cc5C)ccc43)c2C#N)c(C)c1. The number of aryl methyl sites for hydroxylation is 11. The number of hydrogen-bond donors (Lipinski definition) is 0. The predicted octanol–water partition coefficient (Wildman–Crippen LogP) is 27.6. The van der Waals surface area contributed by atoms with Gasteiger partial charge in [0.25, 0.3) is 0 Å². The number of nitriles is 2. The second-order valence-corrected chi connectivity index (χ2v) is 32.3. The number of fused-ring (bicyclic) bond motifs is 12. The molecule has 0 saturated heterocycles. The second kappa shape index (κ2) is 27.4. The van der Waals surface area contributed by atoms with Crippen LogP contribution < -0.4 is 0 Å². The third-order valence-electron chi connectivity index (χ3n) is 24.4. The van der Waals surface area contributed by atoms with Gasteiger partial charge in [-0.1, -0.05) is 168 Å². The quantitative estimate of drug-likeness (QED) is 0.122. The lowest BCUT2D eigenvalue weighted by Gasteiger charge is -2.19. The van der Waals surface area contributed by atoms with Crippen molar-refractivity contribution in [2.45, 2.75) is 82.6 Å². The number of benzene rings is 14. The minimum Gasteiger partial charge on any atom is -0.308 e. The van der Waals surface area contributed by atoms with E-state index < -0.39 is 0 Å². The fraction of sp³-hybridized carbons (Fsp3) is 0.111. The Morgan fingerprint density at radius 2 is 0.534 bits per heavy atom. The van der Waals surface area contributed by atoms with Crippen LogP contribution in [-0.2, 0) is 6.42 Å². The molecule has 0 radical (unpaired) electrons. The lowest BCUT2D eigenvalue weighted by Crippen LogP contribution is -2.05. The van der Waals surface area contributed by atoms with E-state index in [1.807, 2.05) is 24.8 Å².